The van der Waals surface area contributed by atoms with Crippen molar-refractivity contribution in [1.82, 2.24) is 9.88 Å². The van der Waals surface area contributed by atoms with Gasteiger partial charge in [-0.3, -0.25) is 9.69 Å². The number of likely N-dealkylation sites (tertiary alicyclic amines) is 1. The number of benzene rings is 1. The highest BCUT2D eigenvalue weighted by atomic mass is 35.5. The van der Waals surface area contributed by atoms with E-state index >= 15 is 0 Å². The summed E-state index contributed by atoms with van der Waals surface area (Å²) in [4.78, 5) is 17.7. The number of fused-ring (bicyclic) bond motifs is 1. The first kappa shape index (κ1) is 16.5. The lowest BCUT2D eigenvalue weighted by Gasteiger charge is -2.24. The summed E-state index contributed by atoms with van der Waals surface area (Å²) < 4.78 is 0. The van der Waals surface area contributed by atoms with E-state index in [0.717, 1.165) is 24.2 Å². The Morgan fingerprint density at radius 1 is 1.26 bits per heavy atom. The van der Waals surface area contributed by atoms with Crippen LogP contribution in [0.2, 0.25) is 5.02 Å². The first-order valence-electron chi connectivity index (χ1n) is 7.86. The summed E-state index contributed by atoms with van der Waals surface area (Å²) in [5, 5.41) is 20.6. The van der Waals surface area contributed by atoms with Gasteiger partial charge in [0.25, 0.3) is 0 Å². The van der Waals surface area contributed by atoms with Crippen molar-refractivity contribution >= 4 is 22.5 Å². The van der Waals surface area contributed by atoms with E-state index in [2.05, 4.69) is 9.88 Å². The Morgan fingerprint density at radius 3 is 2.87 bits per heavy atom. The first-order valence-corrected chi connectivity index (χ1v) is 8.24. The zero-order valence-corrected chi connectivity index (χ0v) is 13.6. The fraction of sp³-hybridized carbons (Fsp3) is 0.471. The van der Waals surface area contributed by atoms with E-state index in [-0.39, 0.29) is 12.0 Å². The summed E-state index contributed by atoms with van der Waals surface area (Å²) in [5.74, 6) is 0. The summed E-state index contributed by atoms with van der Waals surface area (Å²) in [6.45, 7) is 1.95. The minimum Gasteiger partial charge on any atom is -0.393 e. The molecule has 0 amide bonds. The molecule has 2 aromatic rings. The second-order valence-electron chi connectivity index (χ2n) is 6.36. The van der Waals surface area contributed by atoms with E-state index in [1.54, 1.807) is 18.2 Å². The van der Waals surface area contributed by atoms with E-state index in [9.17, 15) is 15.0 Å². The lowest BCUT2D eigenvalue weighted by Crippen LogP contribution is -2.34. The third kappa shape index (κ3) is 3.75. The maximum Gasteiger partial charge on any atom is 0.189 e. The molecule has 0 bridgehead atoms. The van der Waals surface area contributed by atoms with Crippen LogP contribution in [0.15, 0.2) is 29.1 Å². The highest BCUT2D eigenvalue weighted by Gasteiger charge is 2.29. The molecule has 0 radical (unpaired) electrons. The average molecular weight is 337 g/mol. The number of nitrogens with one attached hydrogen (secondary N) is 1. The predicted octanol–water partition coefficient (Wildman–Crippen LogP) is 1.89. The molecule has 0 aliphatic carbocycles. The number of rotatable bonds is 3. The molecule has 124 valence electrons. The van der Waals surface area contributed by atoms with Gasteiger partial charge >= 0.3 is 0 Å². The van der Waals surface area contributed by atoms with Crippen LogP contribution in [0.25, 0.3) is 10.9 Å². The van der Waals surface area contributed by atoms with E-state index in [1.165, 1.54) is 0 Å². The number of aromatic amines is 1. The second kappa shape index (κ2) is 6.61. The Kier molecular flexibility index (Phi) is 4.73. The summed E-state index contributed by atoms with van der Waals surface area (Å²) in [7, 11) is 0. The number of hydrogen-bond donors (Lipinski definition) is 3. The minimum absolute atomic E-state index is 0.0436. The largest absolute Gasteiger partial charge is 0.393 e. The van der Waals surface area contributed by atoms with Crippen LogP contribution in [-0.4, -0.2) is 45.4 Å². The molecule has 3 N–H and O–H groups in total. The topological polar surface area (TPSA) is 76.6 Å². The van der Waals surface area contributed by atoms with Crippen LogP contribution < -0.4 is 5.43 Å². The lowest BCUT2D eigenvalue weighted by molar-refractivity contribution is -0.0255. The summed E-state index contributed by atoms with van der Waals surface area (Å²) in [6, 6.07) is 6.86. The maximum absolute atomic E-state index is 12.2. The molecule has 1 fully saturated rings. The summed E-state index contributed by atoms with van der Waals surface area (Å²) in [6.07, 6.45) is 1.97. The molecule has 1 aromatic heterocycles. The normalized spacial score (nSPS) is 23.1. The van der Waals surface area contributed by atoms with Crippen molar-refractivity contribution in [2.75, 3.05) is 19.7 Å². The molecule has 0 spiro atoms. The third-order valence-electron chi connectivity index (χ3n) is 4.55. The van der Waals surface area contributed by atoms with Crippen molar-refractivity contribution in [2.24, 2.45) is 0 Å². The van der Waals surface area contributed by atoms with Crippen LogP contribution in [0.5, 0.6) is 0 Å². The van der Waals surface area contributed by atoms with Gasteiger partial charge in [0.1, 0.15) is 0 Å². The van der Waals surface area contributed by atoms with Gasteiger partial charge in [0.15, 0.2) is 5.43 Å². The molecule has 5 nitrogen and oxygen atoms in total. The van der Waals surface area contributed by atoms with Crippen LogP contribution in [0.4, 0.5) is 0 Å². The molecule has 0 saturated carbocycles. The molecule has 2 heterocycles. The summed E-state index contributed by atoms with van der Waals surface area (Å²) >= 11 is 5.94. The van der Waals surface area contributed by atoms with Gasteiger partial charge in [0.2, 0.25) is 0 Å². The van der Waals surface area contributed by atoms with Gasteiger partial charge in [-0.25, -0.2) is 0 Å². The molecule has 0 unspecified atom stereocenters. The van der Waals surface area contributed by atoms with E-state index < -0.39 is 5.60 Å². The number of H-pyrrole nitrogens is 1. The molecular weight excluding hydrogens is 316 g/mol. The van der Waals surface area contributed by atoms with Crippen LogP contribution >= 0.6 is 11.6 Å². The van der Waals surface area contributed by atoms with Crippen molar-refractivity contribution in [1.29, 1.82) is 0 Å². The summed E-state index contributed by atoms with van der Waals surface area (Å²) in [5.41, 5.74) is 0.609. The predicted molar refractivity (Wildman–Crippen MR) is 90.7 cm³/mol. The quantitative estimate of drug-likeness (QED) is 0.800. The Labute approximate surface area is 139 Å². The number of halogens is 1. The number of aromatic nitrogens is 1. The number of aliphatic hydroxyl groups is 2. The molecule has 1 aliphatic rings. The minimum atomic E-state index is -0.970. The van der Waals surface area contributed by atoms with Crippen LogP contribution in [-0.2, 0) is 6.54 Å². The molecule has 1 aliphatic heterocycles. The Bertz CT molecular complexity index is 761. The van der Waals surface area contributed by atoms with Gasteiger partial charge in [-0.15, -0.1) is 0 Å². The zero-order valence-electron chi connectivity index (χ0n) is 12.9. The molecule has 23 heavy (non-hydrogen) atoms. The highest BCUT2D eigenvalue weighted by Crippen LogP contribution is 2.23. The molecule has 1 atom stereocenters. The number of aliphatic hydroxyl groups excluding tert-OH is 1. The Balaban J connectivity index is 1.79. The Morgan fingerprint density at radius 2 is 2.09 bits per heavy atom. The fourth-order valence-electron chi connectivity index (χ4n) is 3.15. The molecule has 3 rings (SSSR count). The van der Waals surface area contributed by atoms with Gasteiger partial charge in [-0.2, -0.15) is 0 Å². The monoisotopic (exact) mass is 336 g/mol. The highest BCUT2D eigenvalue weighted by molar-refractivity contribution is 6.31. The molecule has 6 heteroatoms. The van der Waals surface area contributed by atoms with Crippen LogP contribution in [0.3, 0.4) is 0 Å². The van der Waals surface area contributed by atoms with Gasteiger partial charge < -0.3 is 15.2 Å². The number of hydrogen-bond acceptors (Lipinski definition) is 4. The number of nitrogens with zero attached hydrogens (tertiary/aromatic N) is 1. The van der Waals surface area contributed by atoms with Crippen molar-refractivity contribution < 1.29 is 10.2 Å². The van der Waals surface area contributed by atoms with E-state index in [1.807, 2.05) is 6.07 Å². The second-order valence-corrected chi connectivity index (χ2v) is 6.80. The lowest BCUT2D eigenvalue weighted by atomic mass is 9.96. The van der Waals surface area contributed by atoms with Crippen molar-refractivity contribution in [3.8, 4) is 0 Å². The van der Waals surface area contributed by atoms with E-state index in [0.29, 0.717) is 36.3 Å². The van der Waals surface area contributed by atoms with Crippen molar-refractivity contribution in [3.05, 3.63) is 45.2 Å². The standard InChI is InChI=1S/C17H21ClN2O3/c18-12-2-3-15-14(8-12)16(22)9-13(19-15)10-20-6-1-4-17(23,11-21)5-7-20/h2-3,8-9,21,23H,1,4-7,10-11H2,(H,19,22)/t17-/m1/s1. The van der Waals surface area contributed by atoms with Crippen LogP contribution in [0.1, 0.15) is 25.0 Å². The van der Waals surface area contributed by atoms with Gasteiger partial charge in [-0.1, -0.05) is 11.6 Å². The fourth-order valence-corrected chi connectivity index (χ4v) is 3.32. The van der Waals surface area contributed by atoms with Crippen molar-refractivity contribution in [3.63, 3.8) is 0 Å². The van der Waals surface area contributed by atoms with Crippen LogP contribution in [0, 0.1) is 0 Å². The molecule has 1 aromatic carbocycles. The average Bonchev–Trinajstić information content (AvgIpc) is 2.71. The maximum atomic E-state index is 12.2. The third-order valence-corrected chi connectivity index (χ3v) is 4.78. The number of pyridine rings is 1. The van der Waals surface area contributed by atoms with Gasteiger partial charge in [0, 0.05) is 40.8 Å². The SMILES string of the molecule is O=c1cc(CN2CCC[C@](O)(CO)CC2)[nH]c2ccc(Cl)cc12. The first-order chi connectivity index (χ1) is 11.0. The Hall–Kier alpha value is -1.40. The van der Waals surface area contributed by atoms with Gasteiger partial charge in [0.05, 0.1) is 12.2 Å². The van der Waals surface area contributed by atoms with Gasteiger partial charge in [-0.05, 0) is 44.0 Å². The van der Waals surface area contributed by atoms with Crippen molar-refractivity contribution in [2.45, 2.75) is 31.4 Å². The van der Waals surface area contributed by atoms with E-state index in [4.69, 9.17) is 11.6 Å². The zero-order chi connectivity index (χ0) is 16.4. The smallest absolute Gasteiger partial charge is 0.189 e. The molecule has 1 saturated heterocycles. The molecular formula is C17H21ClN2O3.